The van der Waals surface area contributed by atoms with Crippen molar-refractivity contribution in [3.8, 4) is 0 Å². The zero-order valence-corrected chi connectivity index (χ0v) is 13.2. The molecule has 1 unspecified atom stereocenters. The zero-order chi connectivity index (χ0) is 13.6. The molecule has 0 aromatic heterocycles. The molecular formula is C15H22O2Se. The van der Waals surface area contributed by atoms with Crippen LogP contribution in [0.2, 0.25) is 0 Å². The Hall–Kier alpha value is -0.761. The van der Waals surface area contributed by atoms with Crippen molar-refractivity contribution in [3.05, 3.63) is 41.1 Å². The summed E-state index contributed by atoms with van der Waals surface area (Å²) in [6, 6.07) is 10.2. The molecule has 0 fully saturated rings. The van der Waals surface area contributed by atoms with Crippen molar-refractivity contribution in [3.63, 3.8) is 0 Å². The van der Waals surface area contributed by atoms with Crippen LogP contribution in [0.1, 0.15) is 27.7 Å². The second-order valence-electron chi connectivity index (χ2n) is 5.16. The van der Waals surface area contributed by atoms with Crippen LogP contribution in [0.3, 0.4) is 0 Å². The average Bonchev–Trinajstić information content (AvgIpc) is 2.33. The zero-order valence-electron chi connectivity index (χ0n) is 11.5. The molecule has 0 aliphatic rings. The van der Waals surface area contributed by atoms with Crippen LogP contribution in [0, 0.1) is 5.41 Å². The molecule has 18 heavy (non-hydrogen) atoms. The first-order valence-corrected chi connectivity index (χ1v) is 7.89. The Bertz CT molecular complexity index is 379. The first-order valence-electron chi connectivity index (χ1n) is 6.17. The molecule has 0 spiro atoms. The molecule has 1 N–H and O–H groups in total. The Labute approximate surface area is 116 Å². The number of ether oxygens (including phenoxy) is 1. The quantitative estimate of drug-likeness (QED) is 0.668. The summed E-state index contributed by atoms with van der Waals surface area (Å²) in [5, 5.41) is 10.4. The standard InChI is InChI=1S/C15H22O2Se/c1-5-17-11-13(14(16)15(2,3)4)18-12-9-7-6-8-10-12/h6-11,14,16H,5H2,1-4H3/b13-11-. The Balaban J connectivity index is 2.86. The van der Waals surface area contributed by atoms with E-state index in [4.69, 9.17) is 4.74 Å². The number of rotatable bonds is 5. The van der Waals surface area contributed by atoms with Gasteiger partial charge in [0.1, 0.15) is 0 Å². The Morgan fingerprint density at radius 2 is 1.94 bits per heavy atom. The second-order valence-corrected chi connectivity index (χ2v) is 7.57. The molecule has 0 bridgehead atoms. The third-order valence-corrected chi connectivity index (χ3v) is 4.67. The maximum absolute atomic E-state index is 10.4. The van der Waals surface area contributed by atoms with Crippen LogP contribution in [-0.2, 0) is 4.74 Å². The number of aliphatic hydroxyl groups excluding tert-OH is 1. The van der Waals surface area contributed by atoms with Crippen molar-refractivity contribution >= 4 is 19.4 Å². The first kappa shape index (κ1) is 15.3. The van der Waals surface area contributed by atoms with Crippen LogP contribution in [0.4, 0.5) is 0 Å². The van der Waals surface area contributed by atoms with Crippen LogP contribution < -0.4 is 4.46 Å². The van der Waals surface area contributed by atoms with Crippen molar-refractivity contribution in [2.24, 2.45) is 5.41 Å². The topological polar surface area (TPSA) is 29.5 Å². The minimum absolute atomic E-state index is 0.100. The molecule has 1 aromatic rings. The van der Waals surface area contributed by atoms with E-state index in [-0.39, 0.29) is 20.4 Å². The van der Waals surface area contributed by atoms with Gasteiger partial charge in [-0.25, -0.2) is 0 Å². The summed E-state index contributed by atoms with van der Waals surface area (Å²) < 4.78 is 7.62. The van der Waals surface area contributed by atoms with Gasteiger partial charge in [-0.1, -0.05) is 0 Å². The first-order chi connectivity index (χ1) is 8.45. The molecule has 3 heteroatoms. The van der Waals surface area contributed by atoms with Gasteiger partial charge in [-0.15, -0.1) is 0 Å². The van der Waals surface area contributed by atoms with Crippen LogP contribution in [-0.4, -0.2) is 32.8 Å². The van der Waals surface area contributed by atoms with Gasteiger partial charge in [-0.05, 0) is 0 Å². The van der Waals surface area contributed by atoms with E-state index >= 15 is 0 Å². The molecule has 0 radical (unpaired) electrons. The summed E-state index contributed by atoms with van der Waals surface area (Å²) in [4.78, 5) is 0. The van der Waals surface area contributed by atoms with Gasteiger partial charge < -0.3 is 0 Å². The van der Waals surface area contributed by atoms with Gasteiger partial charge in [0.25, 0.3) is 0 Å². The average molecular weight is 313 g/mol. The third-order valence-electron chi connectivity index (χ3n) is 2.43. The predicted molar refractivity (Wildman–Crippen MR) is 77.0 cm³/mol. The van der Waals surface area contributed by atoms with Gasteiger partial charge >= 0.3 is 116 Å². The van der Waals surface area contributed by atoms with E-state index in [0.29, 0.717) is 6.61 Å². The SMILES string of the molecule is CCO/C=C(\[Se]c1ccccc1)C(O)C(C)(C)C. The molecule has 2 nitrogen and oxygen atoms in total. The Kier molecular flexibility index (Phi) is 5.93. The summed E-state index contributed by atoms with van der Waals surface area (Å²) in [6.07, 6.45) is 1.27. The van der Waals surface area contributed by atoms with Crippen LogP contribution >= 0.6 is 0 Å². The van der Waals surface area contributed by atoms with E-state index in [1.165, 1.54) is 4.46 Å². The van der Waals surface area contributed by atoms with Crippen molar-refractivity contribution in [1.82, 2.24) is 0 Å². The molecule has 0 amide bonds. The van der Waals surface area contributed by atoms with Gasteiger partial charge in [0.2, 0.25) is 0 Å². The van der Waals surface area contributed by atoms with E-state index in [0.717, 1.165) is 4.47 Å². The van der Waals surface area contributed by atoms with Gasteiger partial charge in [0, 0.05) is 0 Å². The van der Waals surface area contributed by atoms with E-state index in [1.54, 1.807) is 6.26 Å². The van der Waals surface area contributed by atoms with Crippen LogP contribution in [0.15, 0.2) is 41.1 Å². The normalized spacial score (nSPS) is 14.4. The minimum atomic E-state index is -0.468. The fourth-order valence-corrected chi connectivity index (χ4v) is 3.77. The molecule has 1 atom stereocenters. The van der Waals surface area contributed by atoms with E-state index < -0.39 is 6.10 Å². The van der Waals surface area contributed by atoms with Gasteiger partial charge in [-0.2, -0.15) is 0 Å². The summed E-state index contributed by atoms with van der Waals surface area (Å²) in [5.74, 6) is 0. The van der Waals surface area contributed by atoms with Crippen molar-refractivity contribution in [1.29, 1.82) is 0 Å². The van der Waals surface area contributed by atoms with E-state index in [1.807, 2.05) is 45.9 Å². The van der Waals surface area contributed by atoms with Gasteiger partial charge in [-0.3, -0.25) is 0 Å². The molecule has 100 valence electrons. The molecule has 1 aromatic carbocycles. The predicted octanol–water partition coefficient (Wildman–Crippen LogP) is 2.30. The van der Waals surface area contributed by atoms with E-state index in [9.17, 15) is 5.11 Å². The summed E-state index contributed by atoms with van der Waals surface area (Å²) in [5.41, 5.74) is -0.167. The van der Waals surface area contributed by atoms with Crippen LogP contribution in [0.5, 0.6) is 0 Å². The monoisotopic (exact) mass is 314 g/mol. The molecule has 0 saturated heterocycles. The fourth-order valence-electron chi connectivity index (χ4n) is 1.36. The summed E-state index contributed by atoms with van der Waals surface area (Å²) in [6.45, 7) is 8.70. The maximum atomic E-state index is 10.4. The molecule has 0 aliphatic heterocycles. The van der Waals surface area contributed by atoms with Gasteiger partial charge in [0.15, 0.2) is 0 Å². The number of benzene rings is 1. The van der Waals surface area contributed by atoms with Crippen molar-refractivity contribution < 1.29 is 9.84 Å². The molecule has 0 aliphatic carbocycles. The fraction of sp³-hybridized carbons (Fsp3) is 0.467. The van der Waals surface area contributed by atoms with Gasteiger partial charge in [0.05, 0.1) is 0 Å². The molecule has 1 rings (SSSR count). The number of hydrogen-bond acceptors (Lipinski definition) is 2. The molecule has 0 saturated carbocycles. The number of hydrogen-bond donors (Lipinski definition) is 1. The van der Waals surface area contributed by atoms with Crippen molar-refractivity contribution in [2.45, 2.75) is 33.8 Å². The second kappa shape index (κ2) is 6.98. The molecular weight excluding hydrogens is 291 g/mol. The van der Waals surface area contributed by atoms with Crippen molar-refractivity contribution in [2.75, 3.05) is 6.61 Å². The third kappa shape index (κ3) is 4.85. The molecule has 0 heterocycles. The Morgan fingerprint density at radius 1 is 1.33 bits per heavy atom. The van der Waals surface area contributed by atoms with Crippen LogP contribution in [0.25, 0.3) is 0 Å². The number of aliphatic hydroxyl groups is 1. The Morgan fingerprint density at radius 3 is 2.44 bits per heavy atom. The summed E-state index contributed by atoms with van der Waals surface area (Å²) >= 11 is 0.100. The van der Waals surface area contributed by atoms with E-state index in [2.05, 4.69) is 12.1 Å². The summed E-state index contributed by atoms with van der Waals surface area (Å²) in [7, 11) is 0.